The molecule has 2 aromatic rings. The van der Waals surface area contributed by atoms with Gasteiger partial charge in [-0.3, -0.25) is 0 Å². The topological polar surface area (TPSA) is 21.2 Å². The average molecular weight is 151 g/mol. The zero-order valence-corrected chi connectivity index (χ0v) is 5.95. The van der Waals surface area contributed by atoms with E-state index in [9.17, 15) is 0 Å². The molecule has 0 bridgehead atoms. The summed E-state index contributed by atoms with van der Waals surface area (Å²) in [6.07, 6.45) is 5.40. The normalized spacial score (nSPS) is 10.4. The van der Waals surface area contributed by atoms with Crippen molar-refractivity contribution in [3.8, 4) is 0 Å². The zero-order valence-electron chi connectivity index (χ0n) is 5.14. The van der Waals surface area contributed by atoms with Crippen molar-refractivity contribution in [1.29, 1.82) is 0 Å². The Morgan fingerprint density at radius 3 is 3.30 bits per heavy atom. The molecule has 0 radical (unpaired) electrons. The van der Waals surface area contributed by atoms with E-state index in [1.807, 2.05) is 18.3 Å². The van der Waals surface area contributed by atoms with E-state index in [0.29, 0.717) is 0 Å². The molecule has 0 aliphatic heterocycles. The number of aromatic nitrogens is 3. The van der Waals surface area contributed by atoms with Crippen LogP contribution >= 0.6 is 0 Å². The minimum absolute atomic E-state index is 0.873. The summed E-state index contributed by atoms with van der Waals surface area (Å²) in [7, 11) is 0. The zero-order chi connectivity index (χ0) is 6.97. The van der Waals surface area contributed by atoms with E-state index in [0.717, 1.165) is 5.65 Å². The van der Waals surface area contributed by atoms with Gasteiger partial charge >= 0.3 is 0 Å². The van der Waals surface area contributed by atoms with Crippen LogP contribution in [0.5, 0.6) is 0 Å². The summed E-state index contributed by atoms with van der Waals surface area (Å²) >= 11 is 4.93. The highest BCUT2D eigenvalue weighted by Gasteiger charge is 1.96. The second-order valence-electron chi connectivity index (χ2n) is 1.94. The van der Waals surface area contributed by atoms with Gasteiger partial charge in [0.05, 0.1) is 12.3 Å². The smallest absolute Gasteiger partial charge is 0.197 e. The maximum atomic E-state index is 4.93. The van der Waals surface area contributed by atoms with Crippen molar-refractivity contribution < 1.29 is 4.09 Å². The van der Waals surface area contributed by atoms with Crippen molar-refractivity contribution in [3.05, 3.63) is 30.7 Å². The first-order valence-corrected chi connectivity index (χ1v) is 3.26. The summed E-state index contributed by atoms with van der Waals surface area (Å²) in [6.45, 7) is 0. The van der Waals surface area contributed by atoms with Gasteiger partial charge in [-0.05, 0) is 6.07 Å². The first kappa shape index (κ1) is 5.61. The lowest BCUT2D eigenvalue weighted by atomic mass is 10.6. The summed E-state index contributed by atoms with van der Waals surface area (Å²) in [5.74, 6) is 0. The van der Waals surface area contributed by atoms with Crippen LogP contribution in [0.4, 0.5) is 0 Å². The molecule has 0 atom stereocenters. The molecule has 0 aromatic carbocycles. The van der Waals surface area contributed by atoms with E-state index in [2.05, 4.69) is 4.98 Å². The average Bonchev–Trinajstić information content (AvgIpc) is 2.34. The molecule has 0 unspecified atom stereocenters. The Morgan fingerprint density at radius 1 is 1.60 bits per heavy atom. The molecule has 2 heterocycles. The molecule has 0 saturated heterocycles. The quantitative estimate of drug-likeness (QED) is 0.388. The van der Waals surface area contributed by atoms with Gasteiger partial charge in [-0.2, -0.15) is 0 Å². The number of rotatable bonds is 0. The van der Waals surface area contributed by atoms with Crippen molar-refractivity contribution in [1.82, 2.24) is 9.50 Å². The van der Waals surface area contributed by atoms with Crippen LogP contribution in [0.2, 0.25) is 0 Å². The predicted molar refractivity (Wildman–Crippen MR) is 38.2 cm³/mol. The Bertz CT molecular complexity index is 355. The molecule has 2 aromatic heterocycles. The summed E-state index contributed by atoms with van der Waals surface area (Å²) < 4.78 is 3.34. The molecule has 4 heteroatoms. The summed E-state index contributed by atoms with van der Waals surface area (Å²) in [5, 5.41) is 0. The lowest BCUT2D eigenvalue weighted by Crippen LogP contribution is -2.31. The highest BCUT2D eigenvalue weighted by atomic mass is 32.1. The molecular formula is C6H5N3S. The number of nitrogens with zero attached hydrogens (tertiary/aromatic N) is 3. The summed E-state index contributed by atoms with van der Waals surface area (Å²) in [5.41, 5.74) is 0.873. The Balaban J connectivity index is 2.93. The minimum atomic E-state index is 0.873. The van der Waals surface area contributed by atoms with Crippen LogP contribution in [0.1, 0.15) is 0 Å². The van der Waals surface area contributed by atoms with Gasteiger partial charge in [-0.15, -0.1) is 4.52 Å². The molecule has 0 N–H and O–H groups in total. The molecule has 0 aliphatic carbocycles. The van der Waals surface area contributed by atoms with Gasteiger partial charge in [0.15, 0.2) is 11.8 Å². The van der Waals surface area contributed by atoms with E-state index >= 15 is 0 Å². The molecule has 0 spiro atoms. The maximum absolute atomic E-state index is 4.93. The van der Waals surface area contributed by atoms with E-state index in [-0.39, 0.29) is 0 Å². The third-order valence-corrected chi connectivity index (χ3v) is 1.62. The number of hydrogen-bond acceptors (Lipinski definition) is 2. The van der Waals surface area contributed by atoms with E-state index in [1.54, 1.807) is 21.0 Å². The largest absolute Gasteiger partial charge is 0.395 e. The van der Waals surface area contributed by atoms with Gasteiger partial charge in [0, 0.05) is 6.20 Å². The highest BCUT2D eigenvalue weighted by Crippen LogP contribution is 1.91. The van der Waals surface area contributed by atoms with Gasteiger partial charge in [0.2, 0.25) is 0 Å². The Kier molecular flexibility index (Phi) is 1.07. The van der Waals surface area contributed by atoms with Crippen LogP contribution in [-0.4, -0.2) is 9.50 Å². The third-order valence-electron chi connectivity index (χ3n) is 1.32. The molecule has 3 nitrogen and oxygen atoms in total. The van der Waals surface area contributed by atoms with E-state index in [4.69, 9.17) is 12.8 Å². The van der Waals surface area contributed by atoms with Crippen LogP contribution in [0.3, 0.4) is 0 Å². The van der Waals surface area contributed by atoms with Crippen LogP contribution in [0, 0.1) is 0 Å². The van der Waals surface area contributed by atoms with Crippen molar-refractivity contribution in [3.63, 3.8) is 0 Å². The van der Waals surface area contributed by atoms with Crippen molar-refractivity contribution in [2.75, 3.05) is 0 Å². The predicted octanol–water partition coefficient (Wildman–Crippen LogP) is -0.0682. The van der Waals surface area contributed by atoms with E-state index in [1.165, 1.54) is 0 Å². The first-order valence-electron chi connectivity index (χ1n) is 2.89. The van der Waals surface area contributed by atoms with Crippen LogP contribution in [0.25, 0.3) is 5.65 Å². The molecule has 0 aliphatic rings. The second-order valence-corrected chi connectivity index (χ2v) is 2.31. The third kappa shape index (κ3) is 0.657. The van der Waals surface area contributed by atoms with Crippen LogP contribution in [-0.2, 0) is 12.8 Å². The first-order chi connectivity index (χ1) is 4.88. The standard InChI is InChI=1S/C6H5N3S/c10-9-5-2-6-7-3-1-4-8(6)9/h1-5H. The summed E-state index contributed by atoms with van der Waals surface area (Å²) in [4.78, 5) is 4.08. The van der Waals surface area contributed by atoms with E-state index < -0.39 is 0 Å². The highest BCUT2D eigenvalue weighted by molar-refractivity contribution is 7.50. The van der Waals surface area contributed by atoms with Crippen molar-refractivity contribution in [2.24, 2.45) is 0 Å². The fraction of sp³-hybridized carbons (Fsp3) is 0. The van der Waals surface area contributed by atoms with Crippen molar-refractivity contribution in [2.45, 2.75) is 0 Å². The summed E-state index contributed by atoms with van der Waals surface area (Å²) in [6, 6.07) is 3.71. The minimum Gasteiger partial charge on any atom is -0.395 e. The Hall–Kier alpha value is -1.16. The second kappa shape index (κ2) is 1.91. The molecule has 50 valence electrons. The molecule has 2 rings (SSSR count). The van der Waals surface area contributed by atoms with Crippen molar-refractivity contribution >= 4 is 18.5 Å². The monoisotopic (exact) mass is 151 g/mol. The molecule has 0 fully saturated rings. The maximum Gasteiger partial charge on any atom is 0.197 e. The molecule has 10 heavy (non-hydrogen) atoms. The van der Waals surface area contributed by atoms with Gasteiger partial charge in [0.1, 0.15) is 0 Å². The lowest BCUT2D eigenvalue weighted by molar-refractivity contribution is -0.572. The molecule has 0 amide bonds. The Morgan fingerprint density at radius 2 is 2.50 bits per heavy atom. The van der Waals surface area contributed by atoms with Gasteiger partial charge < -0.3 is 12.8 Å². The number of fused-ring (bicyclic) bond motifs is 1. The fourth-order valence-corrected chi connectivity index (χ4v) is 1.06. The van der Waals surface area contributed by atoms with Gasteiger partial charge in [0.25, 0.3) is 0 Å². The lowest BCUT2D eigenvalue weighted by Gasteiger charge is -1.93. The number of hydrogen-bond donors (Lipinski definition) is 0. The molecular weight excluding hydrogens is 146 g/mol. The fourth-order valence-electron chi connectivity index (χ4n) is 0.863. The van der Waals surface area contributed by atoms with Crippen LogP contribution < -0.4 is 4.09 Å². The Labute approximate surface area is 63.5 Å². The van der Waals surface area contributed by atoms with Gasteiger partial charge in [-0.1, -0.05) is 0 Å². The SMILES string of the molecule is [S-][n+]1ccc2ncccn21. The van der Waals surface area contributed by atoms with Gasteiger partial charge in [-0.25, -0.2) is 9.07 Å². The van der Waals surface area contributed by atoms with Crippen LogP contribution in [0.15, 0.2) is 30.7 Å². The molecule has 0 saturated carbocycles.